The first kappa shape index (κ1) is 13.5. The molecule has 2 atom stereocenters. The molecule has 98 valence electrons. The maximum atomic E-state index is 13.6. The van der Waals surface area contributed by atoms with Crippen LogP contribution in [0, 0.1) is 11.8 Å². The third-order valence-corrected chi connectivity index (χ3v) is 3.47. The van der Waals surface area contributed by atoms with Crippen molar-refractivity contribution >= 4 is 0 Å². The van der Waals surface area contributed by atoms with Gasteiger partial charge < -0.3 is 0 Å². The average Bonchev–Trinajstić information content (AvgIpc) is 2.43. The van der Waals surface area contributed by atoms with Crippen LogP contribution >= 0.6 is 0 Å². The van der Waals surface area contributed by atoms with Crippen molar-refractivity contribution in [1.82, 2.24) is 0 Å². The lowest BCUT2D eigenvalue weighted by Crippen LogP contribution is -2.19. The van der Waals surface area contributed by atoms with Gasteiger partial charge in [-0.05, 0) is 24.5 Å². The van der Waals surface area contributed by atoms with Crippen molar-refractivity contribution in [3.05, 3.63) is 84.3 Å². The predicted octanol–water partition coefficient (Wildman–Crippen LogP) is 5.22. The molecule has 0 fully saturated rings. The van der Waals surface area contributed by atoms with Gasteiger partial charge in [-0.25, -0.2) is 4.39 Å². The molecule has 1 heteroatoms. The van der Waals surface area contributed by atoms with E-state index in [0.717, 1.165) is 6.42 Å². The zero-order valence-electron chi connectivity index (χ0n) is 11.2. The Labute approximate surface area is 114 Å². The van der Waals surface area contributed by atoms with Gasteiger partial charge in [0.25, 0.3) is 0 Å². The Morgan fingerprint density at radius 2 is 2.16 bits per heavy atom. The summed E-state index contributed by atoms with van der Waals surface area (Å²) in [5.41, 5.74) is 1.92. The van der Waals surface area contributed by atoms with Crippen molar-refractivity contribution in [3.8, 4) is 0 Å². The van der Waals surface area contributed by atoms with Crippen LogP contribution in [0.25, 0.3) is 0 Å². The monoisotopic (exact) mass is 254 g/mol. The first-order valence-corrected chi connectivity index (χ1v) is 6.63. The van der Waals surface area contributed by atoms with Gasteiger partial charge in [0.15, 0.2) is 0 Å². The van der Waals surface area contributed by atoms with E-state index in [9.17, 15) is 4.39 Å². The molecule has 2 rings (SSSR count). The Morgan fingerprint density at radius 1 is 1.32 bits per heavy atom. The topological polar surface area (TPSA) is 0 Å². The fourth-order valence-corrected chi connectivity index (χ4v) is 2.49. The highest BCUT2D eigenvalue weighted by molar-refractivity contribution is 5.47. The largest absolute Gasteiger partial charge is 0.207 e. The summed E-state index contributed by atoms with van der Waals surface area (Å²) in [6.07, 6.45) is 21.3. The highest BCUT2D eigenvalue weighted by Crippen LogP contribution is 2.38. The molecule has 0 spiro atoms. The maximum absolute atomic E-state index is 13.6. The van der Waals surface area contributed by atoms with Crippen LogP contribution in [0.15, 0.2) is 84.3 Å². The molecule has 0 nitrogen and oxygen atoms in total. The summed E-state index contributed by atoms with van der Waals surface area (Å²) in [6, 6.07) is 0. The highest BCUT2D eigenvalue weighted by Gasteiger charge is 2.27. The molecule has 2 aliphatic rings. The molecule has 0 saturated heterocycles. The molecular formula is C18H19F. The molecule has 0 aromatic heterocycles. The molecule has 0 amide bonds. The van der Waals surface area contributed by atoms with Crippen LogP contribution in [0.1, 0.15) is 13.3 Å². The quantitative estimate of drug-likeness (QED) is 0.604. The van der Waals surface area contributed by atoms with Crippen LogP contribution in [0.2, 0.25) is 0 Å². The molecule has 0 radical (unpaired) electrons. The summed E-state index contributed by atoms with van der Waals surface area (Å²) in [7, 11) is 0. The fraction of sp³-hybridized carbons (Fsp3) is 0.222. The van der Waals surface area contributed by atoms with Crippen LogP contribution in [-0.2, 0) is 0 Å². The first-order chi connectivity index (χ1) is 9.24. The van der Waals surface area contributed by atoms with Crippen molar-refractivity contribution in [2.75, 3.05) is 0 Å². The third kappa shape index (κ3) is 3.11. The minimum atomic E-state index is -0.334. The van der Waals surface area contributed by atoms with E-state index in [1.807, 2.05) is 37.3 Å². The second-order valence-electron chi connectivity index (χ2n) is 4.72. The predicted molar refractivity (Wildman–Crippen MR) is 80.2 cm³/mol. The standard InChI is InChI=1S/C18H19F/c1-3-4-5-6-11-18-16(14(2)19)13-12-15-9-7-8-10-17(15)18/h3-4,6-13,17-18H,2,5H2,1H3/b4-3?,11-6-. The highest BCUT2D eigenvalue weighted by atomic mass is 19.1. The van der Waals surface area contributed by atoms with Gasteiger partial charge in [-0.1, -0.05) is 67.3 Å². The molecule has 0 N–H and O–H groups in total. The second-order valence-corrected chi connectivity index (χ2v) is 4.72. The summed E-state index contributed by atoms with van der Waals surface area (Å²) >= 11 is 0. The zero-order chi connectivity index (χ0) is 13.7. The van der Waals surface area contributed by atoms with Crippen molar-refractivity contribution < 1.29 is 4.39 Å². The fourth-order valence-electron chi connectivity index (χ4n) is 2.49. The second kappa shape index (κ2) is 6.33. The third-order valence-electron chi connectivity index (χ3n) is 3.47. The van der Waals surface area contributed by atoms with Gasteiger partial charge >= 0.3 is 0 Å². The van der Waals surface area contributed by atoms with Crippen LogP contribution in [0.3, 0.4) is 0 Å². The van der Waals surface area contributed by atoms with Crippen molar-refractivity contribution in [3.63, 3.8) is 0 Å². The van der Waals surface area contributed by atoms with E-state index < -0.39 is 0 Å². The number of hydrogen-bond donors (Lipinski definition) is 0. The van der Waals surface area contributed by atoms with Crippen LogP contribution in [0.5, 0.6) is 0 Å². The minimum absolute atomic E-state index is 0.0453. The van der Waals surface area contributed by atoms with Gasteiger partial charge in [0.2, 0.25) is 0 Å². The number of allylic oxidation sites excluding steroid dienone is 13. The van der Waals surface area contributed by atoms with Gasteiger partial charge in [-0.15, -0.1) is 0 Å². The summed E-state index contributed by atoms with van der Waals surface area (Å²) in [5, 5.41) is 0. The molecule has 2 aliphatic carbocycles. The molecule has 0 heterocycles. The molecule has 0 bridgehead atoms. The lowest BCUT2D eigenvalue weighted by atomic mass is 9.75. The van der Waals surface area contributed by atoms with Gasteiger partial charge in [-0.3, -0.25) is 0 Å². The van der Waals surface area contributed by atoms with Gasteiger partial charge in [0, 0.05) is 11.8 Å². The lowest BCUT2D eigenvalue weighted by molar-refractivity contribution is 0.555. The van der Waals surface area contributed by atoms with E-state index >= 15 is 0 Å². The smallest absolute Gasteiger partial charge is 0.119 e. The molecule has 0 aromatic rings. The molecule has 0 saturated carbocycles. The molecule has 0 aliphatic heterocycles. The summed E-state index contributed by atoms with van der Waals surface area (Å²) in [6.45, 7) is 5.46. The minimum Gasteiger partial charge on any atom is -0.207 e. The molecule has 19 heavy (non-hydrogen) atoms. The van der Waals surface area contributed by atoms with Gasteiger partial charge in [-0.2, -0.15) is 0 Å². The van der Waals surface area contributed by atoms with Crippen molar-refractivity contribution in [2.24, 2.45) is 11.8 Å². The van der Waals surface area contributed by atoms with Crippen LogP contribution in [0.4, 0.5) is 4.39 Å². The van der Waals surface area contributed by atoms with E-state index in [1.54, 1.807) is 0 Å². The first-order valence-electron chi connectivity index (χ1n) is 6.63. The number of rotatable bonds is 4. The lowest BCUT2D eigenvalue weighted by Gasteiger charge is -2.29. The van der Waals surface area contributed by atoms with E-state index in [0.29, 0.717) is 5.57 Å². The Bertz CT molecular complexity index is 524. The summed E-state index contributed by atoms with van der Waals surface area (Å²) in [5.74, 6) is -0.0674. The van der Waals surface area contributed by atoms with E-state index in [-0.39, 0.29) is 17.7 Å². The maximum Gasteiger partial charge on any atom is 0.119 e. The Hall–Kier alpha value is -1.89. The summed E-state index contributed by atoms with van der Waals surface area (Å²) in [4.78, 5) is 0. The zero-order valence-corrected chi connectivity index (χ0v) is 11.2. The molecular weight excluding hydrogens is 235 g/mol. The summed E-state index contributed by atoms with van der Waals surface area (Å²) < 4.78 is 13.6. The molecule has 0 aromatic carbocycles. The normalized spacial score (nSPS) is 25.6. The van der Waals surface area contributed by atoms with E-state index in [1.165, 1.54) is 5.57 Å². The van der Waals surface area contributed by atoms with Crippen LogP contribution < -0.4 is 0 Å². The van der Waals surface area contributed by atoms with Crippen molar-refractivity contribution in [1.29, 1.82) is 0 Å². The molecule has 2 unspecified atom stereocenters. The van der Waals surface area contributed by atoms with E-state index in [2.05, 4.69) is 37.0 Å². The van der Waals surface area contributed by atoms with Crippen LogP contribution in [-0.4, -0.2) is 0 Å². The Balaban J connectivity index is 2.26. The number of halogens is 1. The van der Waals surface area contributed by atoms with Crippen molar-refractivity contribution in [2.45, 2.75) is 13.3 Å². The SMILES string of the molecule is C=C(F)C1=CC=C2C=CC=CC2C1/C=C\CC=CC. The number of hydrogen-bond acceptors (Lipinski definition) is 0. The van der Waals surface area contributed by atoms with E-state index in [4.69, 9.17) is 0 Å². The Kier molecular flexibility index (Phi) is 4.51. The Morgan fingerprint density at radius 3 is 2.89 bits per heavy atom. The average molecular weight is 254 g/mol. The number of fused-ring (bicyclic) bond motifs is 1. The van der Waals surface area contributed by atoms with Gasteiger partial charge in [0.05, 0.1) is 0 Å². The van der Waals surface area contributed by atoms with Gasteiger partial charge in [0.1, 0.15) is 5.83 Å².